The largest absolute Gasteiger partial charge is 0.481 e. The number of carbonyl (C=O) groups excluding carboxylic acids is 4. The molecule has 4 amide bonds. The van der Waals surface area contributed by atoms with Crippen LogP contribution in [0.2, 0.25) is 5.02 Å². The van der Waals surface area contributed by atoms with Gasteiger partial charge in [-0.25, -0.2) is 0 Å². The SMILES string of the molecule is CCOCCC[C@H](CC(=O)O)NC(=O)[C@@H]1CCCN1C(=O)[C@@H](NC(=O)c1cccc(NC(C)=O)c1Cl)C(C)(C)C. The molecule has 0 saturated carbocycles. The van der Waals surface area contributed by atoms with Gasteiger partial charge >= 0.3 is 5.97 Å². The summed E-state index contributed by atoms with van der Waals surface area (Å²) < 4.78 is 5.32. The van der Waals surface area contributed by atoms with E-state index < -0.39 is 47.2 Å². The van der Waals surface area contributed by atoms with E-state index in [2.05, 4.69) is 16.0 Å². The number of rotatable bonds is 13. The number of hydrogen-bond acceptors (Lipinski definition) is 6. The highest BCUT2D eigenvalue weighted by Gasteiger charge is 2.42. The second-order valence-electron chi connectivity index (χ2n) is 11.0. The summed E-state index contributed by atoms with van der Waals surface area (Å²) in [4.78, 5) is 64.7. The van der Waals surface area contributed by atoms with E-state index in [4.69, 9.17) is 16.3 Å². The van der Waals surface area contributed by atoms with Gasteiger partial charge in [0.2, 0.25) is 17.7 Å². The van der Waals surface area contributed by atoms with Crippen LogP contribution in [0.5, 0.6) is 0 Å². The predicted octanol–water partition coefficient (Wildman–Crippen LogP) is 3.21. The molecule has 1 heterocycles. The highest BCUT2D eigenvalue weighted by molar-refractivity contribution is 6.36. The van der Waals surface area contributed by atoms with Crippen molar-refractivity contribution in [3.63, 3.8) is 0 Å². The van der Waals surface area contributed by atoms with E-state index in [0.717, 1.165) is 0 Å². The number of carbonyl (C=O) groups is 5. The molecule has 11 nitrogen and oxygen atoms in total. The van der Waals surface area contributed by atoms with Crippen molar-refractivity contribution in [2.75, 3.05) is 25.1 Å². The van der Waals surface area contributed by atoms with Crippen molar-refractivity contribution in [1.29, 1.82) is 0 Å². The molecule has 3 atom stereocenters. The van der Waals surface area contributed by atoms with Gasteiger partial charge in [0, 0.05) is 32.7 Å². The molecule has 40 heavy (non-hydrogen) atoms. The zero-order valence-corrected chi connectivity index (χ0v) is 24.6. The van der Waals surface area contributed by atoms with Crippen LogP contribution < -0.4 is 16.0 Å². The first kappa shape index (κ1) is 33.0. The lowest BCUT2D eigenvalue weighted by atomic mass is 9.85. The number of carboxylic acid groups (broad SMARTS) is 1. The van der Waals surface area contributed by atoms with E-state index in [1.807, 2.05) is 6.92 Å². The minimum Gasteiger partial charge on any atom is -0.481 e. The van der Waals surface area contributed by atoms with Crippen LogP contribution >= 0.6 is 11.6 Å². The zero-order chi connectivity index (χ0) is 30.0. The van der Waals surface area contributed by atoms with Crippen LogP contribution in [0.15, 0.2) is 18.2 Å². The van der Waals surface area contributed by atoms with Crippen molar-refractivity contribution in [3.05, 3.63) is 28.8 Å². The summed E-state index contributed by atoms with van der Waals surface area (Å²) in [6.07, 6.45) is 1.79. The molecule has 0 aliphatic carbocycles. The van der Waals surface area contributed by atoms with Crippen LogP contribution in [0, 0.1) is 5.41 Å². The molecule has 1 aliphatic heterocycles. The number of likely N-dealkylation sites (tertiary alicyclic amines) is 1. The molecule has 0 aromatic heterocycles. The fraction of sp³-hybridized carbons (Fsp3) is 0.607. The van der Waals surface area contributed by atoms with E-state index in [-0.39, 0.29) is 28.6 Å². The Morgan fingerprint density at radius 1 is 1.18 bits per heavy atom. The smallest absolute Gasteiger partial charge is 0.305 e. The average Bonchev–Trinajstić information content (AvgIpc) is 3.35. The normalized spacial score (nSPS) is 16.6. The highest BCUT2D eigenvalue weighted by atomic mass is 35.5. The lowest BCUT2D eigenvalue weighted by Crippen LogP contribution is -2.58. The van der Waals surface area contributed by atoms with Crippen molar-refractivity contribution >= 4 is 46.9 Å². The molecule has 1 fully saturated rings. The van der Waals surface area contributed by atoms with E-state index in [1.54, 1.807) is 32.9 Å². The highest BCUT2D eigenvalue weighted by Crippen LogP contribution is 2.29. The monoisotopic (exact) mass is 580 g/mol. The molecule has 12 heteroatoms. The summed E-state index contributed by atoms with van der Waals surface area (Å²) >= 11 is 6.38. The number of anilines is 1. The Balaban J connectivity index is 2.21. The molecular weight excluding hydrogens is 540 g/mol. The number of amides is 4. The third-order valence-corrected chi connectivity index (χ3v) is 7.00. The lowest BCUT2D eigenvalue weighted by molar-refractivity contribution is -0.143. The summed E-state index contributed by atoms with van der Waals surface area (Å²) in [6.45, 7) is 9.94. The predicted molar refractivity (Wildman–Crippen MR) is 151 cm³/mol. The second kappa shape index (κ2) is 15.0. The maximum Gasteiger partial charge on any atom is 0.305 e. The molecule has 0 bridgehead atoms. The second-order valence-corrected chi connectivity index (χ2v) is 11.3. The molecule has 1 saturated heterocycles. The fourth-order valence-corrected chi connectivity index (χ4v) is 4.89. The molecule has 1 aromatic rings. The lowest BCUT2D eigenvalue weighted by Gasteiger charge is -2.35. The topological polar surface area (TPSA) is 154 Å². The summed E-state index contributed by atoms with van der Waals surface area (Å²) in [5, 5.41) is 17.5. The molecule has 4 N–H and O–H groups in total. The molecular formula is C28H41ClN4O7. The molecule has 0 spiro atoms. The quantitative estimate of drug-likeness (QED) is 0.261. The van der Waals surface area contributed by atoms with Gasteiger partial charge in [0.15, 0.2) is 0 Å². The molecule has 0 unspecified atom stereocenters. The molecule has 1 aliphatic rings. The summed E-state index contributed by atoms with van der Waals surface area (Å²) in [7, 11) is 0. The minimum absolute atomic E-state index is 0.0440. The maximum absolute atomic E-state index is 13.8. The van der Waals surface area contributed by atoms with Gasteiger partial charge < -0.3 is 30.7 Å². The summed E-state index contributed by atoms with van der Waals surface area (Å²) in [5.74, 6) is -2.81. The third kappa shape index (κ3) is 9.48. The first-order valence-electron chi connectivity index (χ1n) is 13.5. The van der Waals surface area contributed by atoms with E-state index in [0.29, 0.717) is 45.4 Å². The van der Waals surface area contributed by atoms with E-state index >= 15 is 0 Å². The first-order valence-corrected chi connectivity index (χ1v) is 13.9. The number of benzene rings is 1. The minimum atomic E-state index is -1.03. The Bertz CT molecular complexity index is 1090. The number of nitrogens with one attached hydrogen (secondary N) is 3. The number of ether oxygens (including phenoxy) is 1. The van der Waals surface area contributed by atoms with Crippen molar-refractivity contribution in [3.8, 4) is 0 Å². The zero-order valence-electron chi connectivity index (χ0n) is 23.8. The summed E-state index contributed by atoms with van der Waals surface area (Å²) in [6, 6.07) is 2.25. The van der Waals surface area contributed by atoms with Gasteiger partial charge in [0.05, 0.1) is 22.7 Å². The van der Waals surface area contributed by atoms with Gasteiger partial charge in [-0.2, -0.15) is 0 Å². The summed E-state index contributed by atoms with van der Waals surface area (Å²) in [5.41, 5.74) is -0.355. The number of aliphatic carboxylic acids is 1. The third-order valence-electron chi connectivity index (χ3n) is 6.59. The van der Waals surface area contributed by atoms with Gasteiger partial charge in [-0.15, -0.1) is 0 Å². The van der Waals surface area contributed by atoms with Crippen molar-refractivity contribution in [1.82, 2.24) is 15.5 Å². The molecule has 2 rings (SSSR count). The molecule has 1 aromatic carbocycles. The van der Waals surface area contributed by atoms with Crippen LogP contribution in [0.1, 0.15) is 77.1 Å². The Hall–Kier alpha value is -3.18. The van der Waals surface area contributed by atoms with Crippen LogP contribution in [-0.4, -0.2) is 77.5 Å². The Morgan fingerprint density at radius 3 is 2.48 bits per heavy atom. The van der Waals surface area contributed by atoms with Crippen LogP contribution in [0.25, 0.3) is 0 Å². The Morgan fingerprint density at radius 2 is 1.88 bits per heavy atom. The molecule has 0 radical (unpaired) electrons. The van der Waals surface area contributed by atoms with Gasteiger partial charge in [-0.05, 0) is 50.2 Å². The number of hydrogen-bond donors (Lipinski definition) is 4. The van der Waals surface area contributed by atoms with Crippen molar-refractivity contribution in [2.24, 2.45) is 5.41 Å². The first-order chi connectivity index (χ1) is 18.8. The number of nitrogens with zero attached hydrogens (tertiary/aromatic N) is 1. The molecule has 222 valence electrons. The van der Waals surface area contributed by atoms with Gasteiger partial charge in [0.25, 0.3) is 5.91 Å². The Kier molecular flexibility index (Phi) is 12.4. The van der Waals surface area contributed by atoms with Crippen molar-refractivity contribution in [2.45, 2.75) is 84.8 Å². The maximum atomic E-state index is 13.8. The fourth-order valence-electron chi connectivity index (χ4n) is 4.63. The van der Waals surface area contributed by atoms with Gasteiger partial charge in [0.1, 0.15) is 12.1 Å². The standard InChI is InChI=1S/C28H41ClN4O7/c1-6-40-15-9-10-18(16-22(35)36)31-26(38)21-13-8-14-33(21)27(39)24(28(3,4)5)32-25(37)19-11-7-12-20(23(19)29)30-17(2)34/h7,11-12,18,21,24H,6,8-10,13-16H2,1-5H3,(H,30,34)(H,31,38)(H,32,37)(H,35,36)/t18-,21+,24-/m1/s1. The number of carboxylic acids is 1. The Labute approximate surface area is 240 Å². The van der Waals surface area contributed by atoms with Crippen LogP contribution in [-0.2, 0) is 23.9 Å². The van der Waals surface area contributed by atoms with Gasteiger partial charge in [-0.3, -0.25) is 24.0 Å². The number of halogens is 1. The van der Waals surface area contributed by atoms with Gasteiger partial charge in [-0.1, -0.05) is 38.4 Å². The van der Waals surface area contributed by atoms with E-state index in [9.17, 15) is 29.1 Å². The van der Waals surface area contributed by atoms with Crippen LogP contribution in [0.4, 0.5) is 5.69 Å². The van der Waals surface area contributed by atoms with Crippen LogP contribution in [0.3, 0.4) is 0 Å². The van der Waals surface area contributed by atoms with E-state index in [1.165, 1.54) is 17.9 Å². The van der Waals surface area contributed by atoms with Crippen molar-refractivity contribution < 1.29 is 33.8 Å². The average molecular weight is 581 g/mol.